The van der Waals surface area contributed by atoms with Crippen molar-refractivity contribution in [3.8, 4) is 5.75 Å². The minimum Gasteiger partial charge on any atom is -0.495 e. The summed E-state index contributed by atoms with van der Waals surface area (Å²) in [4.78, 5) is 26.0. The zero-order valence-electron chi connectivity index (χ0n) is 13.6. The Bertz CT molecular complexity index is 577. The number of ether oxygens (including phenoxy) is 1. The Hall–Kier alpha value is -1.75. The highest BCUT2D eigenvalue weighted by atomic mass is 35.5. The summed E-state index contributed by atoms with van der Waals surface area (Å²) >= 11 is 6.11. The van der Waals surface area contributed by atoms with E-state index < -0.39 is 0 Å². The Labute approximate surface area is 141 Å². The van der Waals surface area contributed by atoms with Gasteiger partial charge in [-0.05, 0) is 24.6 Å². The molecule has 1 aliphatic heterocycles. The smallest absolute Gasteiger partial charge is 0.227 e. The molecule has 1 heterocycles. The summed E-state index contributed by atoms with van der Waals surface area (Å²) in [5, 5.41) is 3.37. The number of carbonyl (C=O) groups is 2. The van der Waals surface area contributed by atoms with Gasteiger partial charge >= 0.3 is 0 Å². The van der Waals surface area contributed by atoms with Gasteiger partial charge in [-0.15, -0.1) is 0 Å². The lowest BCUT2D eigenvalue weighted by Crippen LogP contribution is -2.33. The molecule has 1 aromatic rings. The van der Waals surface area contributed by atoms with Crippen molar-refractivity contribution in [1.82, 2.24) is 5.32 Å². The van der Waals surface area contributed by atoms with Crippen molar-refractivity contribution < 1.29 is 14.3 Å². The van der Waals surface area contributed by atoms with Gasteiger partial charge in [-0.25, -0.2) is 0 Å². The van der Waals surface area contributed by atoms with E-state index in [9.17, 15) is 9.59 Å². The zero-order chi connectivity index (χ0) is 16.8. The second-order valence-corrected chi connectivity index (χ2v) is 6.13. The number of unbranched alkanes of at least 4 members (excludes halogenated alkanes) is 2. The second-order valence-electron chi connectivity index (χ2n) is 5.72. The first kappa shape index (κ1) is 17.6. The van der Waals surface area contributed by atoms with Gasteiger partial charge in [0.15, 0.2) is 0 Å². The molecule has 1 unspecified atom stereocenters. The number of methoxy groups -OCH3 is 1. The van der Waals surface area contributed by atoms with Gasteiger partial charge in [-0.1, -0.05) is 31.4 Å². The summed E-state index contributed by atoms with van der Waals surface area (Å²) in [5.41, 5.74) is 0.696. The third kappa shape index (κ3) is 4.38. The van der Waals surface area contributed by atoms with Crippen molar-refractivity contribution in [2.75, 3.05) is 25.1 Å². The first-order valence-electron chi connectivity index (χ1n) is 7.98. The Balaban J connectivity index is 1.97. The number of benzene rings is 1. The molecule has 23 heavy (non-hydrogen) atoms. The van der Waals surface area contributed by atoms with E-state index in [2.05, 4.69) is 12.2 Å². The van der Waals surface area contributed by atoms with E-state index in [1.165, 1.54) is 0 Å². The molecular formula is C17H23ClN2O3. The van der Waals surface area contributed by atoms with Crippen LogP contribution in [0.15, 0.2) is 18.2 Å². The second kappa shape index (κ2) is 8.20. The SMILES string of the molecule is CCCCCNC(=O)C1CC(=O)N(c2ccc(OC)c(Cl)c2)C1. The maximum Gasteiger partial charge on any atom is 0.227 e. The number of hydrogen-bond acceptors (Lipinski definition) is 3. The number of rotatable bonds is 7. The van der Waals surface area contributed by atoms with Crippen LogP contribution in [-0.2, 0) is 9.59 Å². The van der Waals surface area contributed by atoms with Crippen LogP contribution < -0.4 is 15.0 Å². The van der Waals surface area contributed by atoms with E-state index in [1.54, 1.807) is 30.2 Å². The van der Waals surface area contributed by atoms with Gasteiger partial charge in [0.2, 0.25) is 11.8 Å². The van der Waals surface area contributed by atoms with Crippen molar-refractivity contribution in [3.05, 3.63) is 23.2 Å². The molecular weight excluding hydrogens is 316 g/mol. The first-order valence-corrected chi connectivity index (χ1v) is 8.36. The third-order valence-electron chi connectivity index (χ3n) is 4.02. The summed E-state index contributed by atoms with van der Waals surface area (Å²) in [6.07, 6.45) is 3.42. The molecule has 0 bridgehead atoms. The van der Waals surface area contributed by atoms with Crippen molar-refractivity contribution in [1.29, 1.82) is 0 Å². The molecule has 2 rings (SSSR count). The standard InChI is InChI=1S/C17H23ClN2O3/c1-3-4-5-8-19-17(22)12-9-16(21)20(11-12)13-6-7-15(23-2)14(18)10-13/h6-7,10,12H,3-5,8-9,11H2,1-2H3,(H,19,22). The van der Waals surface area contributed by atoms with E-state index in [0.717, 1.165) is 19.3 Å². The van der Waals surface area contributed by atoms with E-state index in [0.29, 0.717) is 29.5 Å². The maximum atomic E-state index is 12.2. The fourth-order valence-electron chi connectivity index (χ4n) is 2.69. The van der Waals surface area contributed by atoms with Crippen LogP contribution >= 0.6 is 11.6 Å². The number of carbonyl (C=O) groups excluding carboxylic acids is 2. The van der Waals surface area contributed by atoms with E-state index in [-0.39, 0.29) is 24.2 Å². The van der Waals surface area contributed by atoms with Gasteiger partial charge in [0, 0.05) is 25.2 Å². The number of anilines is 1. The quantitative estimate of drug-likeness (QED) is 0.777. The molecule has 1 saturated heterocycles. The Kier molecular flexibility index (Phi) is 6.28. The molecule has 1 atom stereocenters. The number of amides is 2. The van der Waals surface area contributed by atoms with Gasteiger partial charge in [0.05, 0.1) is 18.1 Å². The van der Waals surface area contributed by atoms with Crippen molar-refractivity contribution in [2.24, 2.45) is 5.92 Å². The van der Waals surface area contributed by atoms with Crippen molar-refractivity contribution >= 4 is 29.1 Å². The molecule has 0 saturated carbocycles. The predicted octanol–water partition coefficient (Wildman–Crippen LogP) is 3.01. The Morgan fingerprint density at radius 2 is 2.22 bits per heavy atom. The minimum absolute atomic E-state index is 0.0449. The molecule has 0 aromatic heterocycles. The summed E-state index contributed by atoms with van der Waals surface area (Å²) in [6.45, 7) is 3.18. The average Bonchev–Trinajstić information content (AvgIpc) is 2.93. The number of halogens is 1. The summed E-state index contributed by atoms with van der Waals surface area (Å²) in [5.74, 6) is 0.161. The highest BCUT2D eigenvalue weighted by Gasteiger charge is 2.35. The molecule has 0 aliphatic carbocycles. The number of nitrogens with zero attached hydrogens (tertiary/aromatic N) is 1. The zero-order valence-corrected chi connectivity index (χ0v) is 14.4. The van der Waals surface area contributed by atoms with Gasteiger partial charge in [0.1, 0.15) is 5.75 Å². The van der Waals surface area contributed by atoms with Crippen molar-refractivity contribution in [3.63, 3.8) is 0 Å². The fourth-order valence-corrected chi connectivity index (χ4v) is 2.94. The minimum atomic E-state index is -0.301. The Morgan fingerprint density at radius 3 is 2.87 bits per heavy atom. The third-order valence-corrected chi connectivity index (χ3v) is 4.32. The molecule has 6 heteroatoms. The number of hydrogen-bond donors (Lipinski definition) is 1. The van der Waals surface area contributed by atoms with Gasteiger partial charge in [0.25, 0.3) is 0 Å². The van der Waals surface area contributed by atoms with E-state index in [4.69, 9.17) is 16.3 Å². The topological polar surface area (TPSA) is 58.6 Å². The summed E-state index contributed by atoms with van der Waals surface area (Å²) in [6, 6.07) is 5.20. The van der Waals surface area contributed by atoms with Crippen LogP contribution in [0, 0.1) is 5.92 Å². The highest BCUT2D eigenvalue weighted by Crippen LogP contribution is 2.32. The molecule has 2 amide bonds. The monoisotopic (exact) mass is 338 g/mol. The lowest BCUT2D eigenvalue weighted by Gasteiger charge is -2.17. The molecule has 0 radical (unpaired) electrons. The van der Waals surface area contributed by atoms with Crippen LogP contribution in [0.3, 0.4) is 0 Å². The lowest BCUT2D eigenvalue weighted by molar-refractivity contribution is -0.126. The molecule has 1 fully saturated rings. The van der Waals surface area contributed by atoms with Crippen LogP contribution in [0.2, 0.25) is 5.02 Å². The largest absolute Gasteiger partial charge is 0.495 e. The summed E-state index contributed by atoms with van der Waals surface area (Å²) in [7, 11) is 1.54. The molecule has 1 aliphatic rings. The highest BCUT2D eigenvalue weighted by molar-refractivity contribution is 6.32. The van der Waals surface area contributed by atoms with Crippen LogP contribution in [-0.4, -0.2) is 32.0 Å². The Morgan fingerprint density at radius 1 is 1.43 bits per heavy atom. The maximum absolute atomic E-state index is 12.2. The fraction of sp³-hybridized carbons (Fsp3) is 0.529. The molecule has 5 nitrogen and oxygen atoms in total. The van der Waals surface area contributed by atoms with Crippen molar-refractivity contribution in [2.45, 2.75) is 32.6 Å². The van der Waals surface area contributed by atoms with Crippen LogP contribution in [0.5, 0.6) is 5.75 Å². The van der Waals surface area contributed by atoms with Crippen LogP contribution in [0.25, 0.3) is 0 Å². The first-order chi connectivity index (χ1) is 11.1. The number of nitrogens with one attached hydrogen (secondary N) is 1. The van der Waals surface area contributed by atoms with Crippen LogP contribution in [0.1, 0.15) is 32.6 Å². The lowest BCUT2D eigenvalue weighted by atomic mass is 10.1. The van der Waals surface area contributed by atoms with E-state index >= 15 is 0 Å². The molecule has 126 valence electrons. The molecule has 1 N–H and O–H groups in total. The van der Waals surface area contributed by atoms with Crippen LogP contribution in [0.4, 0.5) is 5.69 Å². The molecule has 1 aromatic carbocycles. The molecule has 0 spiro atoms. The van der Waals surface area contributed by atoms with Gasteiger partial charge < -0.3 is 15.0 Å². The normalized spacial score (nSPS) is 17.4. The average molecular weight is 339 g/mol. The van der Waals surface area contributed by atoms with E-state index in [1.807, 2.05) is 0 Å². The van der Waals surface area contributed by atoms with Gasteiger partial charge in [-0.2, -0.15) is 0 Å². The van der Waals surface area contributed by atoms with Gasteiger partial charge in [-0.3, -0.25) is 9.59 Å². The predicted molar refractivity (Wildman–Crippen MR) is 91.0 cm³/mol. The summed E-state index contributed by atoms with van der Waals surface area (Å²) < 4.78 is 5.11.